The van der Waals surface area contributed by atoms with Gasteiger partial charge in [-0.3, -0.25) is 13.9 Å². The number of carbonyl (C=O) groups is 2. The van der Waals surface area contributed by atoms with Gasteiger partial charge >= 0.3 is 0 Å². The SMILES string of the molecule is Cc1ccc(N(CC(=O)N(Cc2ccc(Cl)c(Cl)c2)C(C)C(=O)NC2CCCC2)S(=O)(=O)c2ccc(Cl)cc2)cc1. The Morgan fingerprint density at radius 2 is 1.56 bits per heavy atom. The minimum atomic E-state index is -4.17. The van der Waals surface area contributed by atoms with Crippen molar-refractivity contribution < 1.29 is 18.0 Å². The second kappa shape index (κ2) is 13.5. The second-order valence-corrected chi connectivity index (χ2v) is 13.4. The number of hydrogen-bond donors (Lipinski definition) is 1. The highest BCUT2D eigenvalue weighted by molar-refractivity contribution is 7.92. The molecule has 1 N–H and O–H groups in total. The van der Waals surface area contributed by atoms with Crippen LogP contribution in [-0.4, -0.2) is 43.8 Å². The third kappa shape index (κ3) is 7.74. The smallest absolute Gasteiger partial charge is 0.264 e. The van der Waals surface area contributed by atoms with Crippen LogP contribution in [0.1, 0.15) is 43.7 Å². The van der Waals surface area contributed by atoms with Gasteiger partial charge in [-0.25, -0.2) is 8.42 Å². The second-order valence-electron chi connectivity index (χ2n) is 10.2. The Hall–Kier alpha value is -2.78. The van der Waals surface area contributed by atoms with Crippen molar-refractivity contribution in [3.63, 3.8) is 0 Å². The Labute approximate surface area is 256 Å². The van der Waals surface area contributed by atoms with E-state index in [0.29, 0.717) is 26.3 Å². The number of anilines is 1. The average Bonchev–Trinajstić information content (AvgIpc) is 3.45. The summed E-state index contributed by atoms with van der Waals surface area (Å²) in [6.45, 7) is 3.02. The van der Waals surface area contributed by atoms with Crippen LogP contribution in [-0.2, 0) is 26.2 Å². The molecule has 41 heavy (non-hydrogen) atoms. The van der Waals surface area contributed by atoms with Gasteiger partial charge in [-0.1, -0.05) is 71.4 Å². The van der Waals surface area contributed by atoms with E-state index in [2.05, 4.69) is 5.32 Å². The van der Waals surface area contributed by atoms with E-state index in [1.807, 2.05) is 6.92 Å². The Morgan fingerprint density at radius 3 is 2.17 bits per heavy atom. The van der Waals surface area contributed by atoms with Crippen LogP contribution < -0.4 is 9.62 Å². The summed E-state index contributed by atoms with van der Waals surface area (Å²) < 4.78 is 28.8. The van der Waals surface area contributed by atoms with Crippen molar-refractivity contribution in [1.82, 2.24) is 10.2 Å². The summed E-state index contributed by atoms with van der Waals surface area (Å²) in [5.74, 6) is -0.851. The van der Waals surface area contributed by atoms with Crippen LogP contribution in [0.5, 0.6) is 0 Å². The van der Waals surface area contributed by atoms with Gasteiger partial charge in [0, 0.05) is 17.6 Å². The number of nitrogens with zero attached hydrogens (tertiary/aromatic N) is 2. The summed E-state index contributed by atoms with van der Waals surface area (Å²) in [4.78, 5) is 28.7. The molecule has 1 saturated carbocycles. The number of sulfonamides is 1. The van der Waals surface area contributed by atoms with Crippen LogP contribution in [0, 0.1) is 6.92 Å². The maximum absolute atomic E-state index is 14.0. The quantitative estimate of drug-likeness (QED) is 0.271. The predicted molar refractivity (Wildman–Crippen MR) is 164 cm³/mol. The van der Waals surface area contributed by atoms with Gasteiger partial charge in [-0.15, -0.1) is 0 Å². The number of halogens is 3. The van der Waals surface area contributed by atoms with E-state index in [9.17, 15) is 18.0 Å². The largest absolute Gasteiger partial charge is 0.352 e. The summed E-state index contributed by atoms with van der Waals surface area (Å²) in [6, 6.07) is 16.8. The Balaban J connectivity index is 1.69. The molecule has 0 aromatic heterocycles. The summed E-state index contributed by atoms with van der Waals surface area (Å²) in [5, 5.41) is 4.11. The highest BCUT2D eigenvalue weighted by Gasteiger charge is 2.33. The Morgan fingerprint density at radius 1 is 0.927 bits per heavy atom. The van der Waals surface area contributed by atoms with E-state index in [1.54, 1.807) is 49.4 Å². The molecular weight excluding hydrogens is 605 g/mol. The van der Waals surface area contributed by atoms with Crippen LogP contribution in [0.25, 0.3) is 0 Å². The molecule has 0 spiro atoms. The Bertz CT molecular complexity index is 1490. The number of amides is 2. The molecule has 11 heteroatoms. The van der Waals surface area contributed by atoms with Crippen LogP contribution in [0.15, 0.2) is 71.6 Å². The van der Waals surface area contributed by atoms with Crippen LogP contribution in [0.3, 0.4) is 0 Å². The highest BCUT2D eigenvalue weighted by atomic mass is 35.5. The van der Waals surface area contributed by atoms with Crippen molar-refractivity contribution in [3.05, 3.63) is 92.9 Å². The van der Waals surface area contributed by atoms with Crippen molar-refractivity contribution >= 4 is 62.3 Å². The van der Waals surface area contributed by atoms with E-state index >= 15 is 0 Å². The first-order valence-electron chi connectivity index (χ1n) is 13.3. The zero-order chi connectivity index (χ0) is 29.7. The minimum absolute atomic E-state index is 0.0154. The molecule has 0 bridgehead atoms. The van der Waals surface area contributed by atoms with Gasteiger partial charge in [0.25, 0.3) is 10.0 Å². The molecule has 4 rings (SSSR count). The average molecular weight is 637 g/mol. The van der Waals surface area contributed by atoms with E-state index in [4.69, 9.17) is 34.8 Å². The van der Waals surface area contributed by atoms with Gasteiger partial charge in [-0.2, -0.15) is 0 Å². The van der Waals surface area contributed by atoms with Crippen molar-refractivity contribution in [3.8, 4) is 0 Å². The maximum Gasteiger partial charge on any atom is 0.264 e. The standard InChI is InChI=1S/C30H32Cl3N3O4S/c1-20-7-12-25(13-8-20)36(41(39,40)26-14-10-23(31)11-15-26)19-29(37)35(18-22-9-16-27(32)28(33)17-22)21(2)30(38)34-24-5-3-4-6-24/h7-17,21,24H,3-6,18-19H2,1-2H3,(H,34,38). The van der Waals surface area contributed by atoms with Crippen LogP contribution >= 0.6 is 34.8 Å². The van der Waals surface area contributed by atoms with Crippen molar-refractivity contribution in [2.45, 2.75) is 63.1 Å². The molecule has 3 aromatic rings. The van der Waals surface area contributed by atoms with E-state index < -0.39 is 28.5 Å². The zero-order valence-electron chi connectivity index (χ0n) is 22.8. The molecule has 1 aliphatic rings. The zero-order valence-corrected chi connectivity index (χ0v) is 25.9. The number of carbonyl (C=O) groups excluding carboxylic acids is 2. The molecule has 0 radical (unpaired) electrons. The fourth-order valence-corrected chi connectivity index (χ4v) is 6.64. The van der Waals surface area contributed by atoms with Gasteiger partial charge in [0.05, 0.1) is 20.6 Å². The van der Waals surface area contributed by atoms with Crippen molar-refractivity contribution in [1.29, 1.82) is 0 Å². The van der Waals surface area contributed by atoms with Gasteiger partial charge in [0.1, 0.15) is 12.6 Å². The molecule has 1 aliphatic carbocycles. The van der Waals surface area contributed by atoms with E-state index in [-0.39, 0.29) is 23.4 Å². The first-order chi connectivity index (χ1) is 19.5. The van der Waals surface area contributed by atoms with E-state index in [0.717, 1.165) is 35.6 Å². The normalized spacial score (nSPS) is 14.5. The molecular formula is C30H32Cl3N3O4S. The third-order valence-electron chi connectivity index (χ3n) is 7.21. The van der Waals surface area contributed by atoms with E-state index in [1.165, 1.54) is 29.2 Å². The molecule has 0 aliphatic heterocycles. The molecule has 1 fully saturated rings. The highest BCUT2D eigenvalue weighted by Crippen LogP contribution is 2.27. The molecule has 2 amide bonds. The lowest BCUT2D eigenvalue weighted by atomic mass is 10.1. The maximum atomic E-state index is 14.0. The Kier molecular flexibility index (Phi) is 10.2. The first-order valence-corrected chi connectivity index (χ1v) is 15.9. The first kappa shape index (κ1) is 31.2. The lowest BCUT2D eigenvalue weighted by molar-refractivity contribution is -0.139. The topological polar surface area (TPSA) is 86.8 Å². The summed E-state index contributed by atoms with van der Waals surface area (Å²) in [6.07, 6.45) is 3.86. The van der Waals surface area contributed by atoms with Crippen molar-refractivity contribution in [2.75, 3.05) is 10.8 Å². The van der Waals surface area contributed by atoms with Gasteiger partial charge in [0.2, 0.25) is 11.8 Å². The minimum Gasteiger partial charge on any atom is -0.352 e. The van der Waals surface area contributed by atoms with Gasteiger partial charge in [0.15, 0.2) is 0 Å². The number of hydrogen-bond acceptors (Lipinski definition) is 4. The molecule has 0 saturated heterocycles. The molecule has 7 nitrogen and oxygen atoms in total. The van der Waals surface area contributed by atoms with Crippen LogP contribution in [0.2, 0.25) is 15.1 Å². The summed E-state index contributed by atoms with van der Waals surface area (Å²) >= 11 is 18.3. The van der Waals surface area contributed by atoms with Crippen LogP contribution in [0.4, 0.5) is 5.69 Å². The monoisotopic (exact) mass is 635 g/mol. The molecule has 1 unspecified atom stereocenters. The predicted octanol–water partition coefficient (Wildman–Crippen LogP) is 6.63. The number of benzene rings is 3. The molecule has 218 valence electrons. The molecule has 1 atom stereocenters. The lowest BCUT2D eigenvalue weighted by Gasteiger charge is -2.32. The van der Waals surface area contributed by atoms with Gasteiger partial charge in [-0.05, 0) is 80.8 Å². The fraction of sp³-hybridized carbons (Fsp3) is 0.333. The molecule has 0 heterocycles. The number of aryl methyl sites for hydroxylation is 1. The fourth-order valence-electron chi connectivity index (χ4n) is 4.78. The lowest BCUT2D eigenvalue weighted by Crippen LogP contribution is -2.52. The summed E-state index contributed by atoms with van der Waals surface area (Å²) in [5.41, 5.74) is 1.90. The number of nitrogens with one attached hydrogen (secondary N) is 1. The third-order valence-corrected chi connectivity index (χ3v) is 9.99. The summed E-state index contributed by atoms with van der Waals surface area (Å²) in [7, 11) is -4.17. The molecule has 3 aromatic carbocycles. The van der Waals surface area contributed by atoms with Crippen molar-refractivity contribution in [2.24, 2.45) is 0 Å². The number of rotatable bonds is 10. The van der Waals surface area contributed by atoms with Gasteiger partial charge < -0.3 is 10.2 Å².